The van der Waals surface area contributed by atoms with E-state index < -0.39 is 0 Å². The highest BCUT2D eigenvalue weighted by Crippen LogP contribution is 2.35. The van der Waals surface area contributed by atoms with Crippen molar-refractivity contribution in [1.29, 1.82) is 0 Å². The second kappa shape index (κ2) is 8.45. The van der Waals surface area contributed by atoms with Crippen LogP contribution in [0.25, 0.3) is 0 Å². The number of amides is 1. The van der Waals surface area contributed by atoms with E-state index in [9.17, 15) is 4.79 Å². The number of hydrogen-bond acceptors (Lipinski definition) is 7. The van der Waals surface area contributed by atoms with Gasteiger partial charge in [-0.05, 0) is 37.1 Å². The molecule has 0 N–H and O–H groups in total. The van der Waals surface area contributed by atoms with Crippen molar-refractivity contribution >= 4 is 23.4 Å². The first-order valence-corrected chi connectivity index (χ1v) is 10.7. The van der Waals surface area contributed by atoms with E-state index in [1.54, 1.807) is 0 Å². The van der Waals surface area contributed by atoms with Crippen LogP contribution in [0.3, 0.4) is 0 Å². The summed E-state index contributed by atoms with van der Waals surface area (Å²) in [6.07, 6.45) is 3.49. The Kier molecular flexibility index (Phi) is 5.74. The molecule has 2 saturated heterocycles. The Hall–Kier alpha value is -2.90. The Morgan fingerprint density at radius 3 is 2.17 bits per heavy atom. The molecule has 2 aliphatic heterocycles. The molecule has 2 aromatic heterocycles. The zero-order valence-electron chi connectivity index (χ0n) is 18.2. The SMILES string of the molecule is CN(C)c1ccc(N2CCC(C)(C(=O)N3CCN(c4ccccn4)CC3)CC2)nn1. The fourth-order valence-corrected chi connectivity index (χ4v) is 4.23. The lowest BCUT2D eigenvalue weighted by Crippen LogP contribution is -2.55. The lowest BCUT2D eigenvalue weighted by molar-refractivity contribution is -0.142. The average Bonchev–Trinajstić information content (AvgIpc) is 2.80. The van der Waals surface area contributed by atoms with E-state index >= 15 is 0 Å². The van der Waals surface area contributed by atoms with Crippen LogP contribution in [0.15, 0.2) is 36.5 Å². The summed E-state index contributed by atoms with van der Waals surface area (Å²) >= 11 is 0. The van der Waals surface area contributed by atoms with Gasteiger partial charge in [-0.15, -0.1) is 10.2 Å². The molecule has 4 rings (SSSR count). The lowest BCUT2D eigenvalue weighted by atomic mass is 9.79. The molecule has 0 aliphatic carbocycles. The number of rotatable bonds is 4. The van der Waals surface area contributed by atoms with Gasteiger partial charge in [0, 0.05) is 65.0 Å². The van der Waals surface area contributed by atoms with Crippen LogP contribution in [0.5, 0.6) is 0 Å². The summed E-state index contributed by atoms with van der Waals surface area (Å²) in [6, 6.07) is 9.97. The highest BCUT2D eigenvalue weighted by atomic mass is 16.2. The minimum Gasteiger partial charge on any atom is -0.361 e. The van der Waals surface area contributed by atoms with Crippen LogP contribution in [0.2, 0.25) is 0 Å². The summed E-state index contributed by atoms with van der Waals surface area (Å²) in [5.41, 5.74) is -0.305. The molecule has 0 unspecified atom stereocenters. The number of carbonyl (C=O) groups excluding carboxylic acids is 1. The van der Waals surface area contributed by atoms with Gasteiger partial charge in [0.1, 0.15) is 5.82 Å². The number of carbonyl (C=O) groups is 1. The molecule has 0 spiro atoms. The van der Waals surface area contributed by atoms with Gasteiger partial charge in [-0.25, -0.2) is 4.98 Å². The molecule has 0 atom stereocenters. The molecule has 8 heteroatoms. The fourth-order valence-electron chi connectivity index (χ4n) is 4.23. The summed E-state index contributed by atoms with van der Waals surface area (Å²) in [7, 11) is 3.91. The molecule has 0 saturated carbocycles. The van der Waals surface area contributed by atoms with Gasteiger partial charge in [-0.3, -0.25) is 4.79 Å². The van der Waals surface area contributed by atoms with Crippen molar-refractivity contribution < 1.29 is 4.79 Å². The van der Waals surface area contributed by atoms with Crippen molar-refractivity contribution in [2.45, 2.75) is 19.8 Å². The molecule has 1 amide bonds. The number of piperazine rings is 1. The van der Waals surface area contributed by atoms with Gasteiger partial charge < -0.3 is 19.6 Å². The average molecular weight is 410 g/mol. The third kappa shape index (κ3) is 4.17. The molecule has 160 valence electrons. The number of hydrogen-bond donors (Lipinski definition) is 0. The van der Waals surface area contributed by atoms with Crippen molar-refractivity contribution in [2.24, 2.45) is 5.41 Å². The molecule has 0 bridgehead atoms. The summed E-state index contributed by atoms with van der Waals surface area (Å²) in [5, 5.41) is 8.65. The lowest BCUT2D eigenvalue weighted by Gasteiger charge is -2.43. The first-order chi connectivity index (χ1) is 14.5. The van der Waals surface area contributed by atoms with Crippen LogP contribution in [0.4, 0.5) is 17.5 Å². The summed E-state index contributed by atoms with van der Waals surface area (Å²) in [4.78, 5) is 26.2. The van der Waals surface area contributed by atoms with Crippen LogP contribution in [-0.2, 0) is 4.79 Å². The topological polar surface area (TPSA) is 68.7 Å². The van der Waals surface area contributed by atoms with Crippen LogP contribution in [-0.4, -0.2) is 79.4 Å². The van der Waals surface area contributed by atoms with E-state index in [0.29, 0.717) is 0 Å². The Labute approximate surface area is 178 Å². The van der Waals surface area contributed by atoms with Crippen LogP contribution < -0.4 is 14.7 Å². The van der Waals surface area contributed by atoms with E-state index in [2.05, 4.69) is 31.9 Å². The minimum atomic E-state index is -0.305. The Bertz CT molecular complexity index is 840. The maximum absolute atomic E-state index is 13.3. The summed E-state index contributed by atoms with van der Waals surface area (Å²) < 4.78 is 0. The zero-order chi connectivity index (χ0) is 21.1. The molecule has 0 radical (unpaired) electrons. The van der Waals surface area contributed by atoms with E-state index in [-0.39, 0.29) is 11.3 Å². The van der Waals surface area contributed by atoms with Crippen molar-refractivity contribution in [3.63, 3.8) is 0 Å². The number of anilines is 3. The predicted molar refractivity (Wildman–Crippen MR) is 119 cm³/mol. The zero-order valence-corrected chi connectivity index (χ0v) is 18.2. The largest absolute Gasteiger partial charge is 0.361 e. The summed E-state index contributed by atoms with van der Waals surface area (Å²) in [6.45, 7) is 6.95. The maximum atomic E-state index is 13.3. The molecular formula is C22H31N7O. The third-order valence-corrected chi connectivity index (χ3v) is 6.34. The van der Waals surface area contributed by atoms with Gasteiger partial charge in [-0.2, -0.15) is 0 Å². The number of pyridine rings is 1. The Morgan fingerprint density at radius 2 is 1.60 bits per heavy atom. The molecule has 2 aromatic rings. The predicted octanol–water partition coefficient (Wildman–Crippen LogP) is 1.89. The second-order valence-corrected chi connectivity index (χ2v) is 8.66. The molecule has 30 heavy (non-hydrogen) atoms. The van der Waals surface area contributed by atoms with Gasteiger partial charge in [0.05, 0.1) is 0 Å². The normalized spacial score (nSPS) is 19.0. The maximum Gasteiger partial charge on any atom is 0.228 e. The van der Waals surface area contributed by atoms with E-state index in [4.69, 9.17) is 0 Å². The Morgan fingerprint density at radius 1 is 0.900 bits per heavy atom. The number of piperidine rings is 1. The van der Waals surface area contributed by atoms with Gasteiger partial charge in [0.25, 0.3) is 0 Å². The second-order valence-electron chi connectivity index (χ2n) is 8.66. The first kappa shape index (κ1) is 20.4. The third-order valence-electron chi connectivity index (χ3n) is 6.34. The van der Waals surface area contributed by atoms with Gasteiger partial charge >= 0.3 is 0 Å². The van der Waals surface area contributed by atoms with Crippen molar-refractivity contribution in [1.82, 2.24) is 20.1 Å². The summed E-state index contributed by atoms with van der Waals surface area (Å²) in [5.74, 6) is 3.02. The molecule has 4 heterocycles. The van der Waals surface area contributed by atoms with Gasteiger partial charge in [-0.1, -0.05) is 13.0 Å². The van der Waals surface area contributed by atoms with Crippen LogP contribution >= 0.6 is 0 Å². The Balaban J connectivity index is 1.32. The first-order valence-electron chi connectivity index (χ1n) is 10.7. The highest BCUT2D eigenvalue weighted by molar-refractivity contribution is 5.83. The van der Waals surface area contributed by atoms with Crippen LogP contribution in [0.1, 0.15) is 19.8 Å². The minimum absolute atomic E-state index is 0.289. The monoisotopic (exact) mass is 409 g/mol. The highest BCUT2D eigenvalue weighted by Gasteiger charge is 2.40. The van der Waals surface area contributed by atoms with E-state index in [1.807, 2.05) is 60.4 Å². The quantitative estimate of drug-likeness (QED) is 0.764. The van der Waals surface area contributed by atoms with Gasteiger partial charge in [0.15, 0.2) is 11.6 Å². The number of nitrogens with zero attached hydrogens (tertiary/aromatic N) is 7. The molecule has 8 nitrogen and oxygen atoms in total. The molecule has 2 fully saturated rings. The van der Waals surface area contributed by atoms with E-state index in [1.165, 1.54) is 0 Å². The molecule has 2 aliphatic rings. The number of aromatic nitrogens is 3. The van der Waals surface area contributed by atoms with E-state index in [0.717, 1.165) is 69.6 Å². The van der Waals surface area contributed by atoms with Crippen molar-refractivity contribution in [3.8, 4) is 0 Å². The van der Waals surface area contributed by atoms with Gasteiger partial charge in [0.2, 0.25) is 5.91 Å². The molecular weight excluding hydrogens is 378 g/mol. The standard InChI is InChI=1S/C22H31N7O/c1-22(9-12-27(13-10-22)20-8-7-19(24-25-20)26(2)3)21(30)29-16-14-28(15-17-29)18-6-4-5-11-23-18/h4-8,11H,9-10,12-17H2,1-3H3. The van der Waals surface area contributed by atoms with Crippen molar-refractivity contribution in [3.05, 3.63) is 36.5 Å². The van der Waals surface area contributed by atoms with Crippen LogP contribution in [0, 0.1) is 5.41 Å². The smallest absolute Gasteiger partial charge is 0.228 e. The fraction of sp³-hybridized carbons (Fsp3) is 0.545. The van der Waals surface area contributed by atoms with Crippen molar-refractivity contribution in [2.75, 3.05) is 68.1 Å². The molecule has 0 aromatic carbocycles.